The van der Waals surface area contributed by atoms with Gasteiger partial charge in [-0.3, -0.25) is 25.1 Å². The molecule has 0 saturated carbocycles. The number of nitro benzene ring substituents is 1. The van der Waals surface area contributed by atoms with Gasteiger partial charge in [0.2, 0.25) is 5.91 Å². The lowest BCUT2D eigenvalue weighted by molar-refractivity contribution is -0.384. The molecule has 1 N–H and O–H groups in total. The Kier molecular flexibility index (Phi) is 5.43. The van der Waals surface area contributed by atoms with Gasteiger partial charge >= 0.3 is 0 Å². The highest BCUT2D eigenvalue weighted by atomic mass is 35.5. The van der Waals surface area contributed by atoms with Gasteiger partial charge in [-0.25, -0.2) is 5.01 Å². The highest BCUT2D eigenvalue weighted by Gasteiger charge is 2.34. The predicted molar refractivity (Wildman–Crippen MR) is 98.4 cm³/mol. The minimum absolute atomic E-state index is 0.0603. The number of hydrazine groups is 1. The van der Waals surface area contributed by atoms with Gasteiger partial charge in [-0.2, -0.15) is 0 Å². The lowest BCUT2D eigenvalue weighted by Gasteiger charge is -2.24. The van der Waals surface area contributed by atoms with E-state index >= 15 is 0 Å². The lowest BCUT2D eigenvalue weighted by Crippen LogP contribution is -2.45. The molecule has 0 radical (unpaired) electrons. The van der Waals surface area contributed by atoms with Crippen LogP contribution in [0.2, 0.25) is 5.02 Å². The van der Waals surface area contributed by atoms with E-state index in [1.807, 2.05) is 0 Å². The molecule has 26 heavy (non-hydrogen) atoms. The molecule has 0 aliphatic carbocycles. The van der Waals surface area contributed by atoms with Crippen molar-refractivity contribution in [1.29, 1.82) is 0 Å². The molecule has 1 aliphatic heterocycles. The summed E-state index contributed by atoms with van der Waals surface area (Å²) >= 11 is 7.13. The molecule has 1 fully saturated rings. The number of hydrogen-bond donors (Lipinski definition) is 1. The van der Waals surface area contributed by atoms with E-state index in [0.717, 1.165) is 5.56 Å². The average Bonchev–Trinajstić information content (AvgIpc) is 2.97. The number of rotatable bonds is 5. The Morgan fingerprint density at radius 3 is 2.73 bits per heavy atom. The van der Waals surface area contributed by atoms with Crippen LogP contribution in [0.5, 0.6) is 0 Å². The van der Waals surface area contributed by atoms with E-state index in [-0.39, 0.29) is 29.7 Å². The van der Waals surface area contributed by atoms with Crippen molar-refractivity contribution in [2.75, 3.05) is 5.75 Å². The highest BCUT2D eigenvalue weighted by Crippen LogP contribution is 2.38. The second-order valence-electron chi connectivity index (χ2n) is 5.62. The minimum atomic E-state index is -0.503. The maximum Gasteiger partial charge on any atom is 0.269 e. The van der Waals surface area contributed by atoms with Gasteiger partial charge < -0.3 is 0 Å². The fraction of sp³-hybridized carbons (Fsp3) is 0.176. The molecule has 0 spiro atoms. The molecule has 1 atom stereocenters. The number of amides is 2. The van der Waals surface area contributed by atoms with Gasteiger partial charge in [-0.05, 0) is 23.3 Å². The van der Waals surface area contributed by atoms with Crippen LogP contribution in [0.15, 0.2) is 48.5 Å². The lowest BCUT2D eigenvalue weighted by atomic mass is 10.1. The van der Waals surface area contributed by atoms with Gasteiger partial charge in [-0.1, -0.05) is 35.9 Å². The summed E-state index contributed by atoms with van der Waals surface area (Å²) in [6.45, 7) is 0. The summed E-state index contributed by atoms with van der Waals surface area (Å²) in [5.74, 6) is -0.413. The third-order valence-electron chi connectivity index (χ3n) is 3.76. The minimum Gasteiger partial charge on any atom is -0.273 e. The number of carbonyl (C=O) groups is 2. The van der Waals surface area contributed by atoms with Crippen molar-refractivity contribution >= 4 is 40.9 Å². The van der Waals surface area contributed by atoms with Crippen molar-refractivity contribution in [2.24, 2.45) is 0 Å². The number of carbonyl (C=O) groups excluding carboxylic acids is 2. The summed E-state index contributed by atoms with van der Waals surface area (Å²) in [7, 11) is 0. The van der Waals surface area contributed by atoms with Gasteiger partial charge in [0.15, 0.2) is 0 Å². The smallest absolute Gasteiger partial charge is 0.269 e. The second-order valence-corrected chi connectivity index (χ2v) is 7.12. The van der Waals surface area contributed by atoms with E-state index in [0.29, 0.717) is 10.6 Å². The third-order valence-corrected chi connectivity index (χ3v) is 5.22. The fourth-order valence-corrected chi connectivity index (χ4v) is 3.77. The van der Waals surface area contributed by atoms with Crippen LogP contribution in [-0.2, 0) is 16.0 Å². The van der Waals surface area contributed by atoms with Crippen molar-refractivity contribution in [3.63, 3.8) is 0 Å². The zero-order chi connectivity index (χ0) is 18.7. The Labute approximate surface area is 158 Å². The quantitative estimate of drug-likeness (QED) is 0.624. The number of nitrogens with one attached hydrogen (secondary N) is 1. The summed E-state index contributed by atoms with van der Waals surface area (Å²) < 4.78 is 0. The Morgan fingerprint density at radius 2 is 2.04 bits per heavy atom. The first-order valence-corrected chi connectivity index (χ1v) is 9.08. The Morgan fingerprint density at radius 1 is 1.31 bits per heavy atom. The molecule has 1 aliphatic rings. The first-order chi connectivity index (χ1) is 12.4. The van der Waals surface area contributed by atoms with Crippen LogP contribution < -0.4 is 5.43 Å². The topological polar surface area (TPSA) is 92.6 Å². The van der Waals surface area contributed by atoms with Crippen LogP contribution >= 0.6 is 23.4 Å². The van der Waals surface area contributed by atoms with Crippen LogP contribution in [0.1, 0.15) is 16.5 Å². The molecule has 1 unspecified atom stereocenters. The van der Waals surface area contributed by atoms with E-state index in [1.165, 1.54) is 28.9 Å². The van der Waals surface area contributed by atoms with Crippen LogP contribution in [0.25, 0.3) is 0 Å². The van der Waals surface area contributed by atoms with Crippen LogP contribution in [0, 0.1) is 10.1 Å². The standard InChI is InChI=1S/C17H14ClN3O4S/c18-13-6-4-11(5-7-13)8-15(22)19-20-16(23)10-26-17(20)12-2-1-3-14(9-12)21(24)25/h1-7,9,17H,8,10H2,(H,19,22). The van der Waals surface area contributed by atoms with E-state index in [9.17, 15) is 19.7 Å². The fourth-order valence-electron chi connectivity index (χ4n) is 2.54. The largest absolute Gasteiger partial charge is 0.273 e. The molecule has 2 aromatic rings. The monoisotopic (exact) mass is 391 g/mol. The van der Waals surface area contributed by atoms with Gasteiger partial charge in [0.25, 0.3) is 11.6 Å². The summed E-state index contributed by atoms with van der Waals surface area (Å²) in [6, 6.07) is 12.9. The van der Waals surface area contributed by atoms with Crippen molar-refractivity contribution in [3.05, 3.63) is 74.8 Å². The molecule has 0 aromatic heterocycles. The maximum atomic E-state index is 12.3. The average molecular weight is 392 g/mol. The van der Waals surface area contributed by atoms with Gasteiger partial charge in [0, 0.05) is 17.2 Å². The summed E-state index contributed by atoms with van der Waals surface area (Å²) in [4.78, 5) is 34.9. The summed E-state index contributed by atoms with van der Waals surface area (Å²) in [5, 5.41) is 12.3. The number of benzene rings is 2. The first-order valence-electron chi connectivity index (χ1n) is 7.66. The van der Waals surface area contributed by atoms with Crippen molar-refractivity contribution in [2.45, 2.75) is 11.8 Å². The number of nitrogens with zero attached hydrogens (tertiary/aromatic N) is 2. The van der Waals surface area contributed by atoms with E-state index < -0.39 is 10.3 Å². The zero-order valence-corrected chi connectivity index (χ0v) is 15.0. The van der Waals surface area contributed by atoms with Gasteiger partial charge in [0.05, 0.1) is 17.1 Å². The van der Waals surface area contributed by atoms with Gasteiger partial charge in [-0.15, -0.1) is 11.8 Å². The molecule has 7 nitrogen and oxygen atoms in total. The first kappa shape index (κ1) is 18.2. The predicted octanol–water partition coefficient (Wildman–Crippen LogP) is 3.10. The molecule has 3 rings (SSSR count). The maximum absolute atomic E-state index is 12.3. The van der Waals surface area contributed by atoms with Crippen LogP contribution in [0.4, 0.5) is 5.69 Å². The van der Waals surface area contributed by atoms with Crippen molar-refractivity contribution < 1.29 is 14.5 Å². The summed E-state index contributed by atoms with van der Waals surface area (Å²) in [5.41, 5.74) is 3.90. The molecular formula is C17H14ClN3O4S. The normalized spacial score (nSPS) is 16.6. The number of nitro groups is 1. The highest BCUT2D eigenvalue weighted by molar-refractivity contribution is 8.00. The molecule has 0 bridgehead atoms. The molecule has 2 amide bonds. The molecule has 2 aromatic carbocycles. The molecule has 134 valence electrons. The van der Waals surface area contributed by atoms with E-state index in [1.54, 1.807) is 36.4 Å². The molecule has 9 heteroatoms. The third kappa shape index (κ3) is 4.14. The Balaban J connectivity index is 1.73. The van der Waals surface area contributed by atoms with Crippen LogP contribution in [0.3, 0.4) is 0 Å². The number of non-ortho nitro benzene ring substituents is 1. The SMILES string of the molecule is O=C(Cc1ccc(Cl)cc1)NN1C(=O)CSC1c1cccc([N+](=O)[O-])c1. The number of thioether (sulfide) groups is 1. The second kappa shape index (κ2) is 7.76. The van der Waals surface area contributed by atoms with E-state index in [2.05, 4.69) is 5.43 Å². The Bertz CT molecular complexity index is 859. The van der Waals surface area contributed by atoms with Crippen molar-refractivity contribution in [3.8, 4) is 0 Å². The number of halogens is 1. The molecule has 1 heterocycles. The Hall–Kier alpha value is -2.58. The molecular weight excluding hydrogens is 378 g/mol. The van der Waals surface area contributed by atoms with Crippen molar-refractivity contribution in [1.82, 2.24) is 10.4 Å². The number of hydrogen-bond acceptors (Lipinski definition) is 5. The summed E-state index contributed by atoms with van der Waals surface area (Å²) in [6.07, 6.45) is 0.0905. The van der Waals surface area contributed by atoms with Crippen LogP contribution in [-0.4, -0.2) is 27.5 Å². The van der Waals surface area contributed by atoms with Gasteiger partial charge in [0.1, 0.15) is 5.37 Å². The molecule has 1 saturated heterocycles. The zero-order valence-electron chi connectivity index (χ0n) is 13.4. The van der Waals surface area contributed by atoms with E-state index in [4.69, 9.17) is 11.6 Å².